The van der Waals surface area contributed by atoms with Crippen LogP contribution < -0.4 is 5.73 Å². The molecule has 1 atom stereocenters. The van der Waals surface area contributed by atoms with Crippen LogP contribution in [0.2, 0.25) is 0 Å². The first-order valence-corrected chi connectivity index (χ1v) is 4.27. The fourth-order valence-electron chi connectivity index (χ4n) is 1.37. The largest absolute Gasteiger partial charge is 0.328 e. The van der Waals surface area contributed by atoms with E-state index in [-0.39, 0.29) is 6.04 Å². The average molecular weight is 164 g/mol. The molecule has 0 spiro atoms. The molecule has 1 aromatic rings. The fourth-order valence-corrected chi connectivity index (χ4v) is 1.37. The molecule has 0 aliphatic rings. The van der Waals surface area contributed by atoms with E-state index in [1.165, 1.54) is 16.7 Å². The molecule has 12 heavy (non-hydrogen) atoms. The molecule has 0 saturated carbocycles. The highest BCUT2D eigenvalue weighted by Gasteiger charge is 2.04. The van der Waals surface area contributed by atoms with Gasteiger partial charge in [0.1, 0.15) is 0 Å². The van der Waals surface area contributed by atoms with Crippen LogP contribution in [0.15, 0.2) is 12.4 Å². The Morgan fingerprint density at radius 2 is 1.83 bits per heavy atom. The zero-order valence-electron chi connectivity index (χ0n) is 7.96. The van der Waals surface area contributed by atoms with Crippen LogP contribution >= 0.6 is 0 Å². The minimum Gasteiger partial charge on any atom is -0.328 e. The van der Waals surface area contributed by atoms with Crippen molar-refractivity contribution in [3.63, 3.8) is 0 Å². The van der Waals surface area contributed by atoms with E-state index in [0.29, 0.717) is 0 Å². The van der Waals surface area contributed by atoms with Gasteiger partial charge in [-0.3, -0.25) is 4.98 Å². The maximum Gasteiger partial charge on any atom is 0.0300 e. The van der Waals surface area contributed by atoms with E-state index in [0.717, 1.165) is 6.42 Å². The first-order chi connectivity index (χ1) is 5.61. The van der Waals surface area contributed by atoms with Crippen molar-refractivity contribution in [3.8, 4) is 0 Å². The van der Waals surface area contributed by atoms with Gasteiger partial charge in [0.05, 0.1) is 0 Å². The van der Waals surface area contributed by atoms with E-state index in [2.05, 4.69) is 18.8 Å². The topological polar surface area (TPSA) is 38.9 Å². The van der Waals surface area contributed by atoms with Gasteiger partial charge in [-0.05, 0) is 43.9 Å². The van der Waals surface area contributed by atoms with E-state index >= 15 is 0 Å². The van der Waals surface area contributed by atoms with Crippen LogP contribution in [-0.2, 0) is 6.42 Å². The van der Waals surface area contributed by atoms with Crippen LogP contribution in [0.4, 0.5) is 0 Å². The van der Waals surface area contributed by atoms with Crippen molar-refractivity contribution >= 4 is 0 Å². The van der Waals surface area contributed by atoms with Crippen LogP contribution in [0, 0.1) is 13.8 Å². The Bertz CT molecular complexity index is 246. The highest BCUT2D eigenvalue weighted by molar-refractivity contribution is 5.30. The predicted octanol–water partition coefficient (Wildman–Crippen LogP) is 1.59. The van der Waals surface area contributed by atoms with E-state index in [9.17, 15) is 0 Å². The van der Waals surface area contributed by atoms with Gasteiger partial charge >= 0.3 is 0 Å². The number of hydrogen-bond donors (Lipinski definition) is 1. The summed E-state index contributed by atoms with van der Waals surface area (Å²) in [6, 6.07) is 0.227. The second-order valence-electron chi connectivity index (χ2n) is 3.43. The smallest absolute Gasteiger partial charge is 0.0300 e. The molecule has 1 rings (SSSR count). The first kappa shape index (κ1) is 9.20. The fraction of sp³-hybridized carbons (Fsp3) is 0.500. The maximum absolute atomic E-state index is 5.74. The molecule has 0 saturated heterocycles. The molecule has 0 bridgehead atoms. The van der Waals surface area contributed by atoms with Crippen LogP contribution in [0.5, 0.6) is 0 Å². The standard InChI is InChI=1S/C10H16N2/c1-7-5-12-6-8(2)10(7)4-9(3)11/h5-6,9H,4,11H2,1-3H3. The molecule has 66 valence electrons. The number of aryl methyl sites for hydroxylation is 2. The van der Waals surface area contributed by atoms with Gasteiger partial charge in [0.25, 0.3) is 0 Å². The quantitative estimate of drug-likeness (QED) is 0.721. The molecule has 0 aliphatic carbocycles. The molecule has 0 radical (unpaired) electrons. The van der Waals surface area contributed by atoms with Crippen molar-refractivity contribution in [2.24, 2.45) is 5.73 Å². The van der Waals surface area contributed by atoms with Crippen molar-refractivity contribution in [3.05, 3.63) is 29.1 Å². The van der Waals surface area contributed by atoms with Crippen molar-refractivity contribution in [1.82, 2.24) is 4.98 Å². The number of hydrogen-bond acceptors (Lipinski definition) is 2. The molecule has 0 aliphatic heterocycles. The third-order valence-electron chi connectivity index (χ3n) is 2.01. The summed E-state index contributed by atoms with van der Waals surface area (Å²) in [5, 5.41) is 0. The number of pyridine rings is 1. The lowest BCUT2D eigenvalue weighted by atomic mass is 10.0. The van der Waals surface area contributed by atoms with Crippen molar-refractivity contribution in [1.29, 1.82) is 0 Å². The van der Waals surface area contributed by atoms with E-state index < -0.39 is 0 Å². The third kappa shape index (κ3) is 2.05. The molecule has 2 N–H and O–H groups in total. The molecule has 0 aromatic carbocycles. The molecular weight excluding hydrogens is 148 g/mol. The van der Waals surface area contributed by atoms with Gasteiger partial charge in [-0.25, -0.2) is 0 Å². The monoisotopic (exact) mass is 164 g/mol. The summed E-state index contributed by atoms with van der Waals surface area (Å²) in [7, 11) is 0. The van der Waals surface area contributed by atoms with Crippen LogP contribution in [0.1, 0.15) is 23.6 Å². The lowest BCUT2D eigenvalue weighted by molar-refractivity contribution is 0.730. The molecule has 1 unspecified atom stereocenters. The highest BCUT2D eigenvalue weighted by Crippen LogP contribution is 2.12. The Hall–Kier alpha value is -0.890. The second-order valence-corrected chi connectivity index (χ2v) is 3.43. The molecular formula is C10H16N2. The predicted molar refractivity (Wildman–Crippen MR) is 51.1 cm³/mol. The normalized spacial score (nSPS) is 13.0. The van der Waals surface area contributed by atoms with Crippen LogP contribution in [0.25, 0.3) is 0 Å². The Balaban J connectivity index is 2.96. The van der Waals surface area contributed by atoms with Crippen LogP contribution in [0.3, 0.4) is 0 Å². The molecule has 1 aromatic heterocycles. The molecule has 1 heterocycles. The minimum absolute atomic E-state index is 0.227. The summed E-state index contributed by atoms with van der Waals surface area (Å²) in [4.78, 5) is 4.11. The highest BCUT2D eigenvalue weighted by atomic mass is 14.6. The summed E-state index contributed by atoms with van der Waals surface area (Å²) in [5.74, 6) is 0. The van der Waals surface area contributed by atoms with E-state index in [4.69, 9.17) is 5.73 Å². The van der Waals surface area contributed by atoms with E-state index in [1.807, 2.05) is 19.3 Å². The number of aromatic nitrogens is 1. The van der Waals surface area contributed by atoms with Gasteiger partial charge in [0.2, 0.25) is 0 Å². The Morgan fingerprint density at radius 3 is 2.25 bits per heavy atom. The van der Waals surface area contributed by atoms with E-state index in [1.54, 1.807) is 0 Å². The Kier molecular flexibility index (Phi) is 2.82. The van der Waals surface area contributed by atoms with Crippen LogP contribution in [-0.4, -0.2) is 11.0 Å². The lowest BCUT2D eigenvalue weighted by Crippen LogP contribution is -2.19. The third-order valence-corrected chi connectivity index (χ3v) is 2.01. The molecule has 0 amide bonds. The van der Waals surface area contributed by atoms with Crippen molar-refractivity contribution in [2.75, 3.05) is 0 Å². The summed E-state index contributed by atoms with van der Waals surface area (Å²) in [5.41, 5.74) is 9.57. The molecule has 2 heteroatoms. The summed E-state index contributed by atoms with van der Waals surface area (Å²) >= 11 is 0. The average Bonchev–Trinajstić information content (AvgIpc) is 1.97. The minimum atomic E-state index is 0.227. The number of rotatable bonds is 2. The van der Waals surface area contributed by atoms with Gasteiger partial charge in [-0.1, -0.05) is 0 Å². The van der Waals surface area contributed by atoms with Crippen molar-refractivity contribution in [2.45, 2.75) is 33.2 Å². The zero-order valence-corrected chi connectivity index (χ0v) is 7.96. The Labute approximate surface area is 73.8 Å². The number of nitrogens with two attached hydrogens (primary N) is 1. The van der Waals surface area contributed by atoms with Crippen molar-refractivity contribution < 1.29 is 0 Å². The lowest BCUT2D eigenvalue weighted by Gasteiger charge is -2.10. The van der Waals surface area contributed by atoms with Gasteiger partial charge < -0.3 is 5.73 Å². The summed E-state index contributed by atoms with van der Waals surface area (Å²) in [6.45, 7) is 6.19. The van der Waals surface area contributed by atoms with Gasteiger partial charge in [-0.15, -0.1) is 0 Å². The SMILES string of the molecule is Cc1cncc(C)c1CC(C)N. The van der Waals surface area contributed by atoms with Gasteiger partial charge in [0.15, 0.2) is 0 Å². The van der Waals surface area contributed by atoms with Gasteiger partial charge in [-0.2, -0.15) is 0 Å². The Morgan fingerprint density at radius 1 is 1.33 bits per heavy atom. The second kappa shape index (κ2) is 3.68. The summed E-state index contributed by atoms with van der Waals surface area (Å²) in [6.07, 6.45) is 4.73. The maximum atomic E-state index is 5.74. The molecule has 2 nitrogen and oxygen atoms in total. The summed E-state index contributed by atoms with van der Waals surface area (Å²) < 4.78 is 0. The van der Waals surface area contributed by atoms with Gasteiger partial charge in [0, 0.05) is 18.4 Å². The number of nitrogens with zero attached hydrogens (tertiary/aromatic N) is 1. The first-order valence-electron chi connectivity index (χ1n) is 4.27. The zero-order chi connectivity index (χ0) is 9.14. The molecule has 0 fully saturated rings.